The van der Waals surface area contributed by atoms with Crippen LogP contribution in [0.2, 0.25) is 0 Å². The summed E-state index contributed by atoms with van der Waals surface area (Å²) >= 11 is 0. The molecule has 0 radical (unpaired) electrons. The predicted molar refractivity (Wildman–Crippen MR) is 75.6 cm³/mol. The lowest BCUT2D eigenvalue weighted by Gasteiger charge is -2.46. The average Bonchev–Trinajstić information content (AvgIpc) is 2.88. The summed E-state index contributed by atoms with van der Waals surface area (Å²) in [4.78, 5) is 2.62. The fraction of sp³-hybridized carbons (Fsp3) is 1.00. The number of nitrogens with two attached hydrogens (primary N) is 1. The normalized spacial score (nSPS) is 38.5. The van der Waals surface area contributed by atoms with Gasteiger partial charge in [-0.2, -0.15) is 0 Å². The Kier molecular flexibility index (Phi) is 4.68. The molecule has 1 unspecified atom stereocenters. The van der Waals surface area contributed by atoms with Crippen LogP contribution in [0.5, 0.6) is 0 Å². The summed E-state index contributed by atoms with van der Waals surface area (Å²) < 4.78 is 5.50. The van der Waals surface area contributed by atoms with E-state index in [9.17, 15) is 0 Å². The molecule has 0 aromatic heterocycles. The maximum atomic E-state index is 6.14. The second kappa shape index (κ2) is 5.89. The smallest absolute Gasteiger partial charge is 0.0710 e. The quantitative estimate of drug-likeness (QED) is 0.836. The standard InChI is InChI=1S/C15H30N2O/c1-12(2)13-4-7-15(11-16,8-5-13)17-9-6-14(10-17)18-3/h12-14H,4-11,16H2,1-3H3. The van der Waals surface area contributed by atoms with Gasteiger partial charge in [-0.15, -0.1) is 0 Å². The number of rotatable bonds is 4. The molecular weight excluding hydrogens is 224 g/mol. The van der Waals surface area contributed by atoms with Gasteiger partial charge in [-0.3, -0.25) is 4.90 Å². The number of hydrogen-bond acceptors (Lipinski definition) is 3. The van der Waals surface area contributed by atoms with E-state index >= 15 is 0 Å². The van der Waals surface area contributed by atoms with Crippen LogP contribution < -0.4 is 5.73 Å². The van der Waals surface area contributed by atoms with Gasteiger partial charge in [0.2, 0.25) is 0 Å². The fourth-order valence-electron chi connectivity index (χ4n) is 3.85. The summed E-state index contributed by atoms with van der Waals surface area (Å²) in [6, 6.07) is 0. The van der Waals surface area contributed by atoms with Crippen LogP contribution in [0.1, 0.15) is 46.0 Å². The van der Waals surface area contributed by atoms with Crippen molar-refractivity contribution in [2.24, 2.45) is 17.6 Å². The fourth-order valence-corrected chi connectivity index (χ4v) is 3.85. The van der Waals surface area contributed by atoms with Crippen molar-refractivity contribution in [2.45, 2.75) is 57.6 Å². The molecule has 0 bridgehead atoms. The molecule has 1 saturated carbocycles. The molecule has 0 amide bonds. The van der Waals surface area contributed by atoms with Gasteiger partial charge in [-0.25, -0.2) is 0 Å². The molecule has 1 aliphatic carbocycles. The van der Waals surface area contributed by atoms with Crippen LogP contribution in [0.15, 0.2) is 0 Å². The minimum absolute atomic E-state index is 0.276. The second-order valence-corrected chi connectivity index (χ2v) is 6.60. The summed E-state index contributed by atoms with van der Waals surface area (Å²) in [6.07, 6.45) is 6.86. The van der Waals surface area contributed by atoms with E-state index in [2.05, 4.69) is 18.7 Å². The number of nitrogens with zero attached hydrogens (tertiary/aromatic N) is 1. The molecule has 2 N–H and O–H groups in total. The molecule has 0 aromatic rings. The van der Waals surface area contributed by atoms with E-state index in [1.807, 2.05) is 7.11 Å². The Morgan fingerprint density at radius 3 is 2.39 bits per heavy atom. The molecule has 3 heteroatoms. The lowest BCUT2D eigenvalue weighted by Crippen LogP contribution is -2.55. The van der Waals surface area contributed by atoms with Crippen molar-refractivity contribution in [1.82, 2.24) is 4.90 Å². The van der Waals surface area contributed by atoms with E-state index in [-0.39, 0.29) is 5.54 Å². The number of methoxy groups -OCH3 is 1. The molecule has 1 saturated heterocycles. The molecule has 106 valence electrons. The molecule has 0 aromatic carbocycles. The molecular formula is C15H30N2O. The van der Waals surface area contributed by atoms with Crippen molar-refractivity contribution >= 4 is 0 Å². The maximum Gasteiger partial charge on any atom is 0.0710 e. The Labute approximate surface area is 112 Å². The van der Waals surface area contributed by atoms with Gasteiger partial charge in [0.15, 0.2) is 0 Å². The minimum Gasteiger partial charge on any atom is -0.380 e. The highest BCUT2D eigenvalue weighted by atomic mass is 16.5. The van der Waals surface area contributed by atoms with Crippen molar-refractivity contribution < 1.29 is 4.74 Å². The lowest BCUT2D eigenvalue weighted by molar-refractivity contribution is 0.0345. The summed E-state index contributed by atoms with van der Waals surface area (Å²) in [7, 11) is 1.83. The SMILES string of the molecule is COC1CCN(C2(CN)CCC(C(C)C)CC2)C1. The zero-order chi connectivity index (χ0) is 13.2. The molecule has 0 spiro atoms. The van der Waals surface area contributed by atoms with Gasteiger partial charge in [0.25, 0.3) is 0 Å². The van der Waals surface area contributed by atoms with Crippen LogP contribution in [0.25, 0.3) is 0 Å². The van der Waals surface area contributed by atoms with Crippen LogP contribution in [0.3, 0.4) is 0 Å². The molecule has 2 fully saturated rings. The highest BCUT2D eigenvalue weighted by Crippen LogP contribution is 2.40. The van der Waals surface area contributed by atoms with Crippen LogP contribution in [-0.4, -0.2) is 43.3 Å². The topological polar surface area (TPSA) is 38.5 Å². The van der Waals surface area contributed by atoms with Crippen LogP contribution in [0, 0.1) is 11.8 Å². The Hall–Kier alpha value is -0.120. The summed E-state index contributed by atoms with van der Waals surface area (Å²) in [5, 5.41) is 0. The van der Waals surface area contributed by atoms with Crippen LogP contribution >= 0.6 is 0 Å². The monoisotopic (exact) mass is 254 g/mol. The lowest BCUT2D eigenvalue weighted by atomic mass is 9.72. The Bertz CT molecular complexity index is 259. The third-order valence-electron chi connectivity index (χ3n) is 5.43. The maximum absolute atomic E-state index is 6.14. The van der Waals surface area contributed by atoms with Gasteiger partial charge in [-0.05, 0) is 43.9 Å². The van der Waals surface area contributed by atoms with Crippen molar-refractivity contribution in [3.8, 4) is 0 Å². The minimum atomic E-state index is 0.276. The highest BCUT2D eigenvalue weighted by molar-refractivity contribution is 4.99. The zero-order valence-corrected chi connectivity index (χ0v) is 12.3. The summed E-state index contributed by atoms with van der Waals surface area (Å²) in [5.74, 6) is 1.73. The second-order valence-electron chi connectivity index (χ2n) is 6.60. The van der Waals surface area contributed by atoms with Crippen molar-refractivity contribution in [1.29, 1.82) is 0 Å². The molecule has 1 heterocycles. The molecule has 2 aliphatic rings. The van der Waals surface area contributed by atoms with E-state index in [0.717, 1.165) is 24.9 Å². The van der Waals surface area contributed by atoms with E-state index in [1.165, 1.54) is 38.6 Å². The van der Waals surface area contributed by atoms with Gasteiger partial charge in [-0.1, -0.05) is 13.8 Å². The van der Waals surface area contributed by atoms with Gasteiger partial charge >= 0.3 is 0 Å². The largest absolute Gasteiger partial charge is 0.380 e. The first kappa shape index (κ1) is 14.3. The van der Waals surface area contributed by atoms with E-state index in [0.29, 0.717) is 6.10 Å². The van der Waals surface area contributed by atoms with E-state index < -0.39 is 0 Å². The van der Waals surface area contributed by atoms with Crippen LogP contribution in [0.4, 0.5) is 0 Å². The molecule has 1 aliphatic heterocycles. The van der Waals surface area contributed by atoms with Gasteiger partial charge in [0.1, 0.15) is 0 Å². The summed E-state index contributed by atoms with van der Waals surface area (Å²) in [6.45, 7) is 7.78. The van der Waals surface area contributed by atoms with Gasteiger partial charge < -0.3 is 10.5 Å². The third kappa shape index (κ3) is 2.73. The third-order valence-corrected chi connectivity index (χ3v) is 5.43. The first-order valence-corrected chi connectivity index (χ1v) is 7.59. The van der Waals surface area contributed by atoms with Gasteiger partial charge in [0, 0.05) is 32.3 Å². The Morgan fingerprint density at radius 1 is 1.28 bits per heavy atom. The number of hydrogen-bond donors (Lipinski definition) is 1. The average molecular weight is 254 g/mol. The van der Waals surface area contributed by atoms with Gasteiger partial charge in [0.05, 0.1) is 6.10 Å². The van der Waals surface area contributed by atoms with E-state index in [1.54, 1.807) is 0 Å². The van der Waals surface area contributed by atoms with Crippen LogP contribution in [-0.2, 0) is 4.74 Å². The highest BCUT2D eigenvalue weighted by Gasteiger charge is 2.42. The molecule has 18 heavy (non-hydrogen) atoms. The zero-order valence-electron chi connectivity index (χ0n) is 12.3. The predicted octanol–water partition coefficient (Wildman–Crippen LogP) is 2.25. The Morgan fingerprint density at radius 2 is 1.94 bits per heavy atom. The Balaban J connectivity index is 1.96. The van der Waals surface area contributed by atoms with Crippen molar-refractivity contribution in [3.05, 3.63) is 0 Å². The summed E-state index contributed by atoms with van der Waals surface area (Å²) in [5.41, 5.74) is 6.42. The number of likely N-dealkylation sites (tertiary alicyclic amines) is 1. The van der Waals surface area contributed by atoms with Crippen molar-refractivity contribution in [3.63, 3.8) is 0 Å². The van der Waals surface area contributed by atoms with E-state index in [4.69, 9.17) is 10.5 Å². The molecule has 1 atom stereocenters. The van der Waals surface area contributed by atoms with Crippen molar-refractivity contribution in [2.75, 3.05) is 26.7 Å². The molecule has 2 rings (SSSR count). The number of ether oxygens (including phenoxy) is 1. The first-order valence-electron chi connectivity index (χ1n) is 7.59. The first-order chi connectivity index (χ1) is 8.61. The molecule has 3 nitrogen and oxygen atoms in total.